The molecule has 4 N–H and O–H groups in total. The summed E-state index contributed by atoms with van der Waals surface area (Å²) in [6, 6.07) is 5.93. The van der Waals surface area contributed by atoms with E-state index >= 15 is 0 Å². The fourth-order valence-corrected chi connectivity index (χ4v) is 4.44. The molecule has 5 rings (SSSR count). The maximum Gasteiger partial charge on any atom is 0.238 e. The van der Waals surface area contributed by atoms with Gasteiger partial charge in [-0.1, -0.05) is 11.6 Å². The van der Waals surface area contributed by atoms with Gasteiger partial charge in [0.05, 0.1) is 12.7 Å². The van der Waals surface area contributed by atoms with Gasteiger partial charge in [-0.15, -0.1) is 0 Å². The second-order valence-corrected chi connectivity index (χ2v) is 8.95. The Labute approximate surface area is 197 Å². The number of rotatable bonds is 3. The molecule has 1 fully saturated rings. The zero-order valence-electron chi connectivity index (χ0n) is 18.3. The SMILES string of the molecule is O=C(CN1CCNCC1)Nc1ccc2cc1CCC1C=NC=C(C1)Nc1ncc(Cl)c(n1)N2. The number of hydrogen-bond donors (Lipinski definition) is 4. The van der Waals surface area contributed by atoms with Gasteiger partial charge in [-0.2, -0.15) is 4.98 Å². The molecule has 3 aliphatic heterocycles. The van der Waals surface area contributed by atoms with E-state index in [-0.39, 0.29) is 11.8 Å². The number of carbonyl (C=O) groups is 1. The summed E-state index contributed by atoms with van der Waals surface area (Å²) < 4.78 is 0. The van der Waals surface area contributed by atoms with Crippen LogP contribution in [0, 0.1) is 5.92 Å². The fourth-order valence-electron chi connectivity index (χ4n) is 4.30. The number of aliphatic imine (C=N–C) groups is 1. The third-order valence-electron chi connectivity index (χ3n) is 6.03. The first-order valence-electron chi connectivity index (χ1n) is 11.3. The number of piperazine rings is 1. The molecule has 3 aliphatic rings. The van der Waals surface area contributed by atoms with E-state index in [1.807, 2.05) is 24.5 Å². The van der Waals surface area contributed by atoms with Gasteiger partial charge in [0.1, 0.15) is 5.02 Å². The molecule has 0 radical (unpaired) electrons. The second kappa shape index (κ2) is 9.86. The van der Waals surface area contributed by atoms with E-state index in [9.17, 15) is 4.79 Å². The van der Waals surface area contributed by atoms with Gasteiger partial charge in [0.15, 0.2) is 5.82 Å². The molecule has 33 heavy (non-hydrogen) atoms. The van der Waals surface area contributed by atoms with Crippen LogP contribution in [-0.2, 0) is 11.2 Å². The van der Waals surface area contributed by atoms with Crippen molar-refractivity contribution in [2.24, 2.45) is 10.9 Å². The number of aryl methyl sites for hydroxylation is 1. The Balaban J connectivity index is 1.41. The van der Waals surface area contributed by atoms with Crippen molar-refractivity contribution in [3.05, 3.63) is 46.9 Å². The average molecular weight is 467 g/mol. The Morgan fingerprint density at radius 1 is 1.24 bits per heavy atom. The van der Waals surface area contributed by atoms with Crippen molar-refractivity contribution >= 4 is 46.9 Å². The minimum Gasteiger partial charge on any atom is -0.339 e. The van der Waals surface area contributed by atoms with Crippen LogP contribution in [0.1, 0.15) is 18.4 Å². The monoisotopic (exact) mass is 466 g/mol. The van der Waals surface area contributed by atoms with Crippen LogP contribution in [0.4, 0.5) is 23.1 Å². The lowest BCUT2D eigenvalue weighted by Gasteiger charge is -2.26. The lowest BCUT2D eigenvalue weighted by molar-refractivity contribution is -0.117. The number of amides is 1. The first kappa shape index (κ1) is 21.8. The molecule has 1 saturated heterocycles. The van der Waals surface area contributed by atoms with Gasteiger partial charge in [0.2, 0.25) is 11.9 Å². The Morgan fingerprint density at radius 3 is 3.00 bits per heavy atom. The first-order valence-corrected chi connectivity index (χ1v) is 11.6. The van der Waals surface area contributed by atoms with Crippen molar-refractivity contribution in [1.29, 1.82) is 0 Å². The van der Waals surface area contributed by atoms with Gasteiger partial charge < -0.3 is 21.3 Å². The van der Waals surface area contributed by atoms with Gasteiger partial charge in [-0.05, 0) is 43.0 Å². The van der Waals surface area contributed by atoms with Crippen LogP contribution in [0.25, 0.3) is 0 Å². The number of allylic oxidation sites excluding steroid dienone is 1. The van der Waals surface area contributed by atoms with E-state index in [2.05, 4.69) is 47.2 Å². The van der Waals surface area contributed by atoms with E-state index < -0.39 is 0 Å². The Kier molecular flexibility index (Phi) is 6.52. The predicted molar refractivity (Wildman–Crippen MR) is 131 cm³/mol. The minimum absolute atomic E-state index is 0.00825. The average Bonchev–Trinajstić information content (AvgIpc) is 2.82. The molecule has 10 heteroatoms. The highest BCUT2D eigenvalue weighted by Crippen LogP contribution is 2.30. The summed E-state index contributed by atoms with van der Waals surface area (Å²) in [4.78, 5) is 28.2. The molecule has 0 spiro atoms. The van der Waals surface area contributed by atoms with E-state index in [0.717, 1.165) is 68.1 Å². The van der Waals surface area contributed by atoms with Gasteiger partial charge in [0.25, 0.3) is 0 Å². The lowest BCUT2D eigenvalue weighted by atomic mass is 9.94. The molecule has 1 atom stereocenters. The Bertz CT molecular complexity index is 1100. The third kappa shape index (κ3) is 5.50. The number of nitrogens with one attached hydrogen (secondary N) is 4. The summed E-state index contributed by atoms with van der Waals surface area (Å²) >= 11 is 6.34. The van der Waals surface area contributed by atoms with Crippen LogP contribution < -0.4 is 21.3 Å². The molecule has 9 nitrogen and oxygen atoms in total. The molecular formula is C23H27ClN8O. The van der Waals surface area contributed by atoms with E-state index in [4.69, 9.17) is 11.6 Å². The topological polar surface area (TPSA) is 107 Å². The fraction of sp³-hybridized carbons (Fsp3) is 0.391. The van der Waals surface area contributed by atoms with Crippen LogP contribution in [0.5, 0.6) is 0 Å². The minimum atomic E-state index is 0.00825. The second-order valence-electron chi connectivity index (χ2n) is 8.54. The third-order valence-corrected chi connectivity index (χ3v) is 6.31. The largest absolute Gasteiger partial charge is 0.339 e. The molecular weight excluding hydrogens is 440 g/mol. The molecule has 1 aromatic carbocycles. The van der Waals surface area contributed by atoms with Crippen LogP contribution in [0.15, 0.2) is 41.3 Å². The van der Waals surface area contributed by atoms with Crippen molar-refractivity contribution in [3.8, 4) is 0 Å². The number of fused-ring (bicyclic) bond motifs is 6. The van der Waals surface area contributed by atoms with Crippen LogP contribution in [0.3, 0.4) is 0 Å². The quantitative estimate of drug-likeness (QED) is 0.550. The summed E-state index contributed by atoms with van der Waals surface area (Å²) in [5.74, 6) is 1.28. The summed E-state index contributed by atoms with van der Waals surface area (Å²) in [6.45, 7) is 4.00. The maximum atomic E-state index is 12.7. The molecule has 6 bridgehead atoms. The summed E-state index contributed by atoms with van der Waals surface area (Å²) in [7, 11) is 0. The zero-order valence-corrected chi connectivity index (χ0v) is 19.0. The van der Waals surface area contributed by atoms with Crippen molar-refractivity contribution in [2.75, 3.05) is 48.7 Å². The van der Waals surface area contributed by atoms with E-state index in [1.165, 1.54) is 0 Å². The number of carbonyl (C=O) groups excluding carboxylic acids is 1. The van der Waals surface area contributed by atoms with Crippen molar-refractivity contribution in [2.45, 2.75) is 19.3 Å². The number of benzene rings is 1. The molecule has 172 valence electrons. The number of halogens is 1. The molecule has 1 unspecified atom stereocenters. The molecule has 4 heterocycles. The summed E-state index contributed by atoms with van der Waals surface area (Å²) in [5, 5.41) is 13.4. The molecule has 1 amide bonds. The van der Waals surface area contributed by atoms with E-state index in [0.29, 0.717) is 23.3 Å². The molecule has 2 aromatic rings. The summed E-state index contributed by atoms with van der Waals surface area (Å²) in [6.07, 6.45) is 7.91. The molecule has 0 saturated carbocycles. The van der Waals surface area contributed by atoms with Crippen molar-refractivity contribution in [3.63, 3.8) is 0 Å². The maximum absolute atomic E-state index is 12.7. The summed E-state index contributed by atoms with van der Waals surface area (Å²) in [5.41, 5.74) is 3.72. The highest BCUT2D eigenvalue weighted by atomic mass is 35.5. The van der Waals surface area contributed by atoms with Gasteiger partial charge in [-0.25, -0.2) is 4.98 Å². The van der Waals surface area contributed by atoms with Gasteiger partial charge in [0, 0.05) is 61.6 Å². The number of nitrogens with zero attached hydrogens (tertiary/aromatic N) is 4. The Hall–Kier alpha value is -3.01. The molecule has 1 aromatic heterocycles. The molecule has 0 aliphatic carbocycles. The number of aromatic nitrogens is 2. The first-order chi connectivity index (χ1) is 16.1. The number of hydrogen-bond acceptors (Lipinski definition) is 8. The van der Waals surface area contributed by atoms with Crippen LogP contribution in [-0.4, -0.2) is 59.7 Å². The number of anilines is 4. The van der Waals surface area contributed by atoms with Crippen LogP contribution in [0.2, 0.25) is 5.02 Å². The van der Waals surface area contributed by atoms with Gasteiger partial charge >= 0.3 is 0 Å². The van der Waals surface area contributed by atoms with Gasteiger partial charge in [-0.3, -0.25) is 14.7 Å². The zero-order chi connectivity index (χ0) is 22.6. The predicted octanol–water partition coefficient (Wildman–Crippen LogP) is 3.01. The normalized spacial score (nSPS) is 20.3. The van der Waals surface area contributed by atoms with E-state index in [1.54, 1.807) is 6.20 Å². The standard InChI is InChI=1S/C23H27ClN8O/c24-19-13-27-23-29-18-9-15(11-26-12-18)1-2-16-10-17(28-22(19)31-23)3-4-20(16)30-21(33)14-32-7-5-25-6-8-32/h3-4,10-13,15,25H,1-2,5-9,14H2,(H,30,33)(H2,27,28,29,31). The van der Waals surface area contributed by atoms with Crippen molar-refractivity contribution in [1.82, 2.24) is 20.2 Å². The highest BCUT2D eigenvalue weighted by molar-refractivity contribution is 6.32. The van der Waals surface area contributed by atoms with Crippen LogP contribution >= 0.6 is 11.6 Å². The lowest BCUT2D eigenvalue weighted by Crippen LogP contribution is -2.46. The van der Waals surface area contributed by atoms with Crippen molar-refractivity contribution < 1.29 is 4.79 Å². The smallest absolute Gasteiger partial charge is 0.238 e. The Morgan fingerprint density at radius 2 is 2.12 bits per heavy atom. The highest BCUT2D eigenvalue weighted by Gasteiger charge is 2.19.